The van der Waals surface area contributed by atoms with E-state index in [1.54, 1.807) is 13.2 Å². The number of aliphatic hydroxyl groups is 1. The van der Waals surface area contributed by atoms with Crippen LogP contribution in [0.4, 0.5) is 5.69 Å². The summed E-state index contributed by atoms with van der Waals surface area (Å²) in [5, 5.41) is 15.5. The molecule has 0 unspecified atom stereocenters. The summed E-state index contributed by atoms with van der Waals surface area (Å²) in [4.78, 5) is 11.9. The zero-order valence-electron chi connectivity index (χ0n) is 11.8. The van der Waals surface area contributed by atoms with Crippen LogP contribution in [0.5, 0.6) is 5.75 Å². The predicted octanol–water partition coefficient (Wildman–Crippen LogP) is 1.53. The topological polar surface area (TPSA) is 70.6 Å². The molecule has 0 saturated heterocycles. The third-order valence-corrected chi connectivity index (χ3v) is 3.84. The Kier molecular flexibility index (Phi) is 4.98. The van der Waals surface area contributed by atoms with E-state index >= 15 is 0 Å². The normalized spacial score (nSPS) is 16.9. The maximum absolute atomic E-state index is 11.9. The fraction of sp³-hybridized carbons (Fsp3) is 0.533. The molecule has 110 valence electrons. The quantitative estimate of drug-likeness (QED) is 0.738. The van der Waals surface area contributed by atoms with E-state index in [1.165, 1.54) is 0 Å². The van der Waals surface area contributed by atoms with Crippen molar-refractivity contribution in [2.75, 3.05) is 25.6 Å². The molecular weight excluding hydrogens is 256 g/mol. The molecule has 1 aromatic carbocycles. The van der Waals surface area contributed by atoms with Gasteiger partial charge in [0.05, 0.1) is 20.3 Å². The van der Waals surface area contributed by atoms with Crippen LogP contribution in [0, 0.1) is 0 Å². The fourth-order valence-electron chi connectivity index (χ4n) is 2.62. The lowest BCUT2D eigenvalue weighted by Crippen LogP contribution is -2.49. The lowest BCUT2D eigenvalue weighted by atomic mass is 9.99. The average Bonchev–Trinajstić information content (AvgIpc) is 2.95. The van der Waals surface area contributed by atoms with Gasteiger partial charge in [0.2, 0.25) is 5.91 Å². The summed E-state index contributed by atoms with van der Waals surface area (Å²) in [5.74, 6) is 0.594. The first kappa shape index (κ1) is 14.8. The number of methoxy groups -OCH3 is 1. The smallest absolute Gasteiger partial charge is 0.238 e. The molecule has 1 fully saturated rings. The van der Waals surface area contributed by atoms with Crippen LogP contribution in [-0.4, -0.2) is 36.8 Å². The van der Waals surface area contributed by atoms with Gasteiger partial charge in [-0.25, -0.2) is 0 Å². The molecule has 3 N–H and O–H groups in total. The van der Waals surface area contributed by atoms with Crippen molar-refractivity contribution in [2.45, 2.75) is 31.2 Å². The molecule has 1 aliphatic carbocycles. The summed E-state index contributed by atoms with van der Waals surface area (Å²) in [6.45, 7) is 0.289. The Balaban J connectivity index is 1.85. The van der Waals surface area contributed by atoms with Crippen LogP contribution in [0.1, 0.15) is 25.7 Å². The Morgan fingerprint density at radius 1 is 1.40 bits per heavy atom. The van der Waals surface area contributed by atoms with E-state index in [1.807, 2.05) is 18.2 Å². The van der Waals surface area contributed by atoms with Gasteiger partial charge in [-0.3, -0.25) is 4.79 Å². The summed E-state index contributed by atoms with van der Waals surface area (Å²) in [6.07, 6.45) is 4.06. The maximum Gasteiger partial charge on any atom is 0.238 e. The van der Waals surface area contributed by atoms with Gasteiger partial charge in [0.1, 0.15) is 5.75 Å². The molecular formula is C15H22N2O3. The van der Waals surface area contributed by atoms with Crippen molar-refractivity contribution in [3.05, 3.63) is 24.3 Å². The van der Waals surface area contributed by atoms with E-state index in [0.717, 1.165) is 25.7 Å². The Labute approximate surface area is 119 Å². The van der Waals surface area contributed by atoms with E-state index in [-0.39, 0.29) is 24.6 Å². The number of nitrogens with one attached hydrogen (secondary N) is 2. The molecule has 0 bridgehead atoms. The minimum absolute atomic E-state index is 0.0828. The molecule has 5 heteroatoms. The molecule has 1 saturated carbocycles. The van der Waals surface area contributed by atoms with E-state index < -0.39 is 0 Å². The second-order valence-electron chi connectivity index (χ2n) is 5.28. The molecule has 1 aromatic rings. The van der Waals surface area contributed by atoms with Gasteiger partial charge < -0.3 is 20.5 Å². The van der Waals surface area contributed by atoms with E-state index in [9.17, 15) is 9.90 Å². The van der Waals surface area contributed by atoms with Crippen molar-refractivity contribution < 1.29 is 14.6 Å². The third-order valence-electron chi connectivity index (χ3n) is 3.84. The minimum atomic E-state index is -0.272. The fourth-order valence-corrected chi connectivity index (χ4v) is 2.62. The summed E-state index contributed by atoms with van der Waals surface area (Å²) in [5.41, 5.74) is 0.437. The van der Waals surface area contributed by atoms with Gasteiger partial charge in [-0.1, -0.05) is 18.9 Å². The van der Waals surface area contributed by atoms with Gasteiger partial charge in [-0.05, 0) is 25.0 Å². The van der Waals surface area contributed by atoms with Gasteiger partial charge in [0.15, 0.2) is 0 Å². The van der Waals surface area contributed by atoms with Crippen molar-refractivity contribution in [1.29, 1.82) is 0 Å². The Morgan fingerprint density at radius 2 is 2.15 bits per heavy atom. The van der Waals surface area contributed by atoms with Crippen LogP contribution in [-0.2, 0) is 4.79 Å². The van der Waals surface area contributed by atoms with E-state index in [0.29, 0.717) is 11.4 Å². The maximum atomic E-state index is 11.9. The molecule has 0 aliphatic heterocycles. The monoisotopic (exact) mass is 278 g/mol. The number of rotatable bonds is 6. The first-order valence-corrected chi connectivity index (χ1v) is 6.97. The number of amides is 1. The summed E-state index contributed by atoms with van der Waals surface area (Å²) in [7, 11) is 1.59. The van der Waals surface area contributed by atoms with E-state index in [2.05, 4.69) is 10.6 Å². The number of carbonyl (C=O) groups is 1. The summed E-state index contributed by atoms with van der Waals surface area (Å²) >= 11 is 0. The third kappa shape index (κ3) is 3.71. The summed E-state index contributed by atoms with van der Waals surface area (Å²) < 4.78 is 5.11. The Bertz CT molecular complexity index is 456. The largest absolute Gasteiger partial charge is 0.497 e. The molecule has 0 atom stereocenters. The first-order chi connectivity index (χ1) is 9.67. The highest BCUT2D eigenvalue weighted by molar-refractivity contribution is 5.92. The highest BCUT2D eigenvalue weighted by atomic mass is 16.5. The van der Waals surface area contributed by atoms with Gasteiger partial charge in [-0.2, -0.15) is 0 Å². The number of hydrogen-bond acceptors (Lipinski definition) is 4. The van der Waals surface area contributed by atoms with Crippen molar-refractivity contribution in [2.24, 2.45) is 0 Å². The number of benzene rings is 1. The number of ether oxygens (including phenoxy) is 1. The molecule has 0 radical (unpaired) electrons. The average molecular weight is 278 g/mol. The van der Waals surface area contributed by atoms with Crippen molar-refractivity contribution in [3.63, 3.8) is 0 Å². The van der Waals surface area contributed by atoms with E-state index in [4.69, 9.17) is 4.74 Å². The molecule has 1 amide bonds. The number of aliphatic hydroxyl groups excluding tert-OH is 1. The van der Waals surface area contributed by atoms with Crippen LogP contribution in [0.15, 0.2) is 24.3 Å². The minimum Gasteiger partial charge on any atom is -0.497 e. The SMILES string of the molecule is COc1cccc(NC(=O)CNC2(CO)CCCC2)c1. The van der Waals surface area contributed by atoms with Crippen molar-refractivity contribution in [1.82, 2.24) is 5.32 Å². The lowest BCUT2D eigenvalue weighted by molar-refractivity contribution is -0.115. The van der Waals surface area contributed by atoms with Gasteiger partial charge in [0.25, 0.3) is 0 Å². The van der Waals surface area contributed by atoms with Crippen LogP contribution >= 0.6 is 0 Å². The van der Waals surface area contributed by atoms with Crippen molar-refractivity contribution in [3.8, 4) is 5.75 Å². The predicted molar refractivity (Wildman–Crippen MR) is 77.9 cm³/mol. The molecule has 20 heavy (non-hydrogen) atoms. The van der Waals surface area contributed by atoms with Crippen LogP contribution in [0.2, 0.25) is 0 Å². The second-order valence-corrected chi connectivity index (χ2v) is 5.28. The molecule has 2 rings (SSSR count). The zero-order chi connectivity index (χ0) is 14.4. The van der Waals surface area contributed by atoms with Gasteiger partial charge in [0, 0.05) is 17.3 Å². The zero-order valence-corrected chi connectivity index (χ0v) is 11.8. The highest BCUT2D eigenvalue weighted by Gasteiger charge is 2.32. The standard InChI is InChI=1S/C15H22N2O3/c1-20-13-6-4-5-12(9-13)17-14(19)10-16-15(11-18)7-2-3-8-15/h4-6,9,16,18H,2-3,7-8,10-11H2,1H3,(H,17,19). The molecule has 1 aliphatic rings. The molecule has 0 spiro atoms. The van der Waals surface area contributed by atoms with Crippen LogP contribution in [0.25, 0.3) is 0 Å². The molecule has 5 nitrogen and oxygen atoms in total. The Hall–Kier alpha value is -1.59. The second kappa shape index (κ2) is 6.72. The summed E-state index contributed by atoms with van der Waals surface area (Å²) in [6, 6.07) is 7.24. The van der Waals surface area contributed by atoms with Crippen LogP contribution in [0.3, 0.4) is 0 Å². The molecule has 0 aromatic heterocycles. The van der Waals surface area contributed by atoms with Crippen LogP contribution < -0.4 is 15.4 Å². The highest BCUT2D eigenvalue weighted by Crippen LogP contribution is 2.28. The van der Waals surface area contributed by atoms with Gasteiger partial charge >= 0.3 is 0 Å². The number of hydrogen-bond donors (Lipinski definition) is 3. The van der Waals surface area contributed by atoms with Gasteiger partial charge in [-0.15, -0.1) is 0 Å². The first-order valence-electron chi connectivity index (χ1n) is 6.97. The number of anilines is 1. The molecule has 0 heterocycles. The van der Waals surface area contributed by atoms with Crippen molar-refractivity contribution >= 4 is 11.6 Å². The Morgan fingerprint density at radius 3 is 2.80 bits per heavy atom. The lowest BCUT2D eigenvalue weighted by Gasteiger charge is -2.27. The number of carbonyl (C=O) groups excluding carboxylic acids is 1.